The van der Waals surface area contributed by atoms with Crippen molar-refractivity contribution in [1.29, 1.82) is 0 Å². The van der Waals surface area contributed by atoms with E-state index in [-0.39, 0.29) is 6.42 Å². The molecule has 146 valence electrons. The van der Waals surface area contributed by atoms with Crippen molar-refractivity contribution in [3.8, 4) is 0 Å². The first-order chi connectivity index (χ1) is 12.7. The minimum Gasteiger partial charge on any atom is -0.256 e. The molecule has 0 saturated heterocycles. The summed E-state index contributed by atoms with van der Waals surface area (Å²) in [4.78, 5) is 20.1. The lowest BCUT2D eigenvalue weighted by Gasteiger charge is -1.94. The summed E-state index contributed by atoms with van der Waals surface area (Å²) in [6.45, 7) is 2.23. The molecular weight excluding hydrogens is 326 g/mol. The van der Waals surface area contributed by atoms with Crippen molar-refractivity contribution >= 4 is 5.91 Å². The van der Waals surface area contributed by atoms with E-state index in [1.54, 1.807) is 0 Å². The Balaban J connectivity index is 3.43. The summed E-state index contributed by atoms with van der Waals surface area (Å²) in [5, 5.41) is 10.2. The normalized spacial score (nSPS) is 12.2. The van der Waals surface area contributed by atoms with Gasteiger partial charge in [-0.15, -0.1) is 0 Å². The number of nitro groups is 1. The van der Waals surface area contributed by atoms with Gasteiger partial charge in [0.1, 0.15) is 4.92 Å². The van der Waals surface area contributed by atoms with Crippen molar-refractivity contribution < 1.29 is 9.72 Å². The van der Waals surface area contributed by atoms with Crippen LogP contribution in [-0.2, 0) is 4.79 Å². The molecule has 0 N–H and O–H groups in total. The van der Waals surface area contributed by atoms with Crippen LogP contribution in [0.5, 0.6) is 0 Å². The van der Waals surface area contributed by atoms with Gasteiger partial charge in [0.25, 0.3) is 0 Å². The van der Waals surface area contributed by atoms with Crippen LogP contribution in [0.4, 0.5) is 0 Å². The summed E-state index contributed by atoms with van der Waals surface area (Å²) in [5.74, 6) is -0.872. The van der Waals surface area contributed by atoms with Crippen molar-refractivity contribution in [3.63, 3.8) is 0 Å². The third-order valence-electron chi connectivity index (χ3n) is 3.92. The highest BCUT2D eigenvalue weighted by Crippen LogP contribution is 2.05. The van der Waals surface area contributed by atoms with Gasteiger partial charge in [0.15, 0.2) is 0 Å². The zero-order valence-electron chi connectivity index (χ0n) is 16.3. The van der Waals surface area contributed by atoms with E-state index in [0.717, 1.165) is 38.5 Å². The molecule has 0 aromatic carbocycles. The number of nitrogens with zero attached hydrogens (tertiary/aromatic N) is 1. The van der Waals surface area contributed by atoms with Crippen LogP contribution in [0.3, 0.4) is 0 Å². The Morgan fingerprint density at radius 2 is 1.19 bits per heavy atom. The zero-order chi connectivity index (χ0) is 19.3. The third-order valence-corrected chi connectivity index (χ3v) is 3.92. The summed E-state index contributed by atoms with van der Waals surface area (Å²) >= 11 is 0. The lowest BCUT2D eigenvalue weighted by Crippen LogP contribution is -2.10. The molecule has 4 heteroatoms. The van der Waals surface area contributed by atoms with Gasteiger partial charge in [-0.2, -0.15) is 0 Å². The third kappa shape index (κ3) is 18.4. The molecule has 0 atom stereocenters. The molecule has 0 spiro atoms. The van der Waals surface area contributed by atoms with Gasteiger partial charge >= 0.3 is 5.91 Å². The van der Waals surface area contributed by atoms with Crippen molar-refractivity contribution in [3.05, 3.63) is 58.7 Å². The standard InChI is InChI=1S/C22H35NO3/c1-2-3-4-5-6-7-8-9-10-11-12-13-14-15-16-17-18-19-20-21-22(24)23(25)26/h6-7,9-10,12-13,15-16H,2-5,8,11,14,17-21H2,1H3. The Bertz CT molecular complexity index is 476. The Kier molecular flexibility index (Phi) is 17.9. The molecule has 4 nitrogen and oxygen atoms in total. The second-order valence-corrected chi connectivity index (χ2v) is 6.34. The number of carbonyl (C=O) groups is 1. The van der Waals surface area contributed by atoms with Crippen LogP contribution in [0.2, 0.25) is 0 Å². The summed E-state index contributed by atoms with van der Waals surface area (Å²) in [6.07, 6.45) is 29.0. The predicted octanol–water partition coefficient (Wildman–Crippen LogP) is 6.72. The predicted molar refractivity (Wildman–Crippen MR) is 110 cm³/mol. The molecular formula is C22H35NO3. The summed E-state index contributed by atoms with van der Waals surface area (Å²) in [6, 6.07) is 0. The van der Waals surface area contributed by atoms with Crippen molar-refractivity contribution in [2.75, 3.05) is 0 Å². The molecule has 26 heavy (non-hydrogen) atoms. The molecule has 0 aliphatic heterocycles. The van der Waals surface area contributed by atoms with E-state index in [0.29, 0.717) is 6.42 Å². The second kappa shape index (κ2) is 19.4. The minimum absolute atomic E-state index is 0.0572. The van der Waals surface area contributed by atoms with Crippen molar-refractivity contribution in [1.82, 2.24) is 0 Å². The maximum Gasteiger partial charge on any atom is 0.444 e. The number of carbonyl (C=O) groups excluding carboxylic acids is 1. The first-order valence-corrected chi connectivity index (χ1v) is 9.95. The molecule has 0 aromatic rings. The fraction of sp³-hybridized carbons (Fsp3) is 0.591. The number of amides is 1. The van der Waals surface area contributed by atoms with Crippen molar-refractivity contribution in [2.24, 2.45) is 0 Å². The fourth-order valence-corrected chi connectivity index (χ4v) is 2.37. The van der Waals surface area contributed by atoms with Gasteiger partial charge in [-0.25, -0.2) is 4.79 Å². The average molecular weight is 362 g/mol. The summed E-state index contributed by atoms with van der Waals surface area (Å²) in [7, 11) is 0. The summed E-state index contributed by atoms with van der Waals surface area (Å²) < 4.78 is 0. The van der Waals surface area contributed by atoms with Gasteiger partial charge < -0.3 is 0 Å². The van der Waals surface area contributed by atoms with E-state index in [1.807, 2.05) is 0 Å². The fourth-order valence-electron chi connectivity index (χ4n) is 2.37. The van der Waals surface area contributed by atoms with Crippen LogP contribution in [-0.4, -0.2) is 10.8 Å². The van der Waals surface area contributed by atoms with Gasteiger partial charge in [0.2, 0.25) is 0 Å². The van der Waals surface area contributed by atoms with E-state index < -0.39 is 10.8 Å². The molecule has 0 bridgehead atoms. The topological polar surface area (TPSA) is 60.2 Å². The molecule has 0 aromatic heterocycles. The molecule has 0 aliphatic rings. The van der Waals surface area contributed by atoms with Gasteiger partial charge in [0, 0.05) is 0 Å². The summed E-state index contributed by atoms with van der Waals surface area (Å²) in [5.41, 5.74) is 0. The Hall–Kier alpha value is -1.97. The number of unbranched alkanes of at least 4 members (excludes halogenated alkanes) is 6. The number of hydrogen-bond donors (Lipinski definition) is 0. The van der Waals surface area contributed by atoms with Crippen LogP contribution in [0.15, 0.2) is 48.6 Å². The smallest absolute Gasteiger partial charge is 0.256 e. The van der Waals surface area contributed by atoms with Crippen LogP contribution in [0, 0.1) is 10.1 Å². The molecule has 0 saturated carbocycles. The first-order valence-electron chi connectivity index (χ1n) is 9.95. The maximum atomic E-state index is 10.8. The van der Waals surface area contributed by atoms with Crippen LogP contribution in [0.25, 0.3) is 0 Å². The minimum atomic E-state index is -0.872. The Morgan fingerprint density at radius 1 is 0.731 bits per heavy atom. The van der Waals surface area contributed by atoms with Crippen molar-refractivity contribution in [2.45, 2.75) is 84.0 Å². The van der Waals surface area contributed by atoms with E-state index in [9.17, 15) is 14.9 Å². The highest BCUT2D eigenvalue weighted by molar-refractivity contribution is 5.66. The largest absolute Gasteiger partial charge is 0.444 e. The van der Waals surface area contributed by atoms with Crippen LogP contribution in [0.1, 0.15) is 84.0 Å². The average Bonchev–Trinajstić information content (AvgIpc) is 2.63. The zero-order valence-corrected chi connectivity index (χ0v) is 16.3. The first kappa shape index (κ1) is 24.0. The number of hydrogen-bond acceptors (Lipinski definition) is 3. The molecule has 0 rings (SSSR count). The number of rotatable bonds is 16. The molecule has 0 radical (unpaired) electrons. The molecule has 0 aliphatic carbocycles. The van der Waals surface area contributed by atoms with Crippen LogP contribution >= 0.6 is 0 Å². The highest BCUT2D eigenvalue weighted by atomic mass is 16.6. The van der Waals surface area contributed by atoms with Gasteiger partial charge in [0.05, 0.1) is 6.42 Å². The number of allylic oxidation sites excluding steroid dienone is 8. The van der Waals surface area contributed by atoms with E-state index in [4.69, 9.17) is 0 Å². The van der Waals surface area contributed by atoms with E-state index >= 15 is 0 Å². The van der Waals surface area contributed by atoms with Gasteiger partial charge in [-0.05, 0) is 51.4 Å². The lowest BCUT2D eigenvalue weighted by molar-refractivity contribution is -0.402. The quantitative estimate of drug-likeness (QED) is 0.133. The molecule has 0 heterocycles. The highest BCUT2D eigenvalue weighted by Gasteiger charge is 2.12. The molecule has 0 fully saturated rings. The second-order valence-electron chi connectivity index (χ2n) is 6.34. The molecule has 1 amide bonds. The van der Waals surface area contributed by atoms with E-state index in [1.165, 1.54) is 25.7 Å². The Labute approximate surface area is 158 Å². The van der Waals surface area contributed by atoms with Crippen LogP contribution < -0.4 is 0 Å². The monoisotopic (exact) mass is 361 g/mol. The van der Waals surface area contributed by atoms with Gasteiger partial charge in [-0.1, -0.05) is 74.8 Å². The maximum absolute atomic E-state index is 10.8. The molecule has 0 unspecified atom stereocenters. The lowest BCUT2D eigenvalue weighted by atomic mass is 10.1. The van der Waals surface area contributed by atoms with E-state index in [2.05, 4.69) is 55.5 Å². The SMILES string of the molecule is CCCCCC=CCC=CCC=CCC=CCCCCCC(=O)[N+](=O)[O-]. The Morgan fingerprint density at radius 3 is 1.65 bits per heavy atom. The van der Waals surface area contributed by atoms with Gasteiger partial charge in [-0.3, -0.25) is 10.1 Å².